The molecule has 1 aromatic carbocycles. The highest BCUT2D eigenvalue weighted by molar-refractivity contribution is 6.03. The van der Waals surface area contributed by atoms with E-state index in [9.17, 15) is 9.59 Å². The van der Waals surface area contributed by atoms with Crippen molar-refractivity contribution in [2.45, 2.75) is 76.9 Å². The summed E-state index contributed by atoms with van der Waals surface area (Å²) in [6, 6.07) is 10.2. The maximum atomic E-state index is 13.5. The first-order valence-corrected chi connectivity index (χ1v) is 10.8. The predicted octanol–water partition coefficient (Wildman–Crippen LogP) is 4.10. The molecule has 2 aromatic rings. The lowest BCUT2D eigenvalue weighted by atomic mass is 9.93. The van der Waals surface area contributed by atoms with Crippen LogP contribution in [0, 0.1) is 0 Å². The van der Waals surface area contributed by atoms with Gasteiger partial charge in [-0.1, -0.05) is 50.8 Å². The monoisotopic (exact) mass is 381 g/mol. The van der Waals surface area contributed by atoms with E-state index in [4.69, 9.17) is 0 Å². The molecule has 1 aliphatic heterocycles. The van der Waals surface area contributed by atoms with Crippen LogP contribution in [0.1, 0.15) is 69.3 Å². The molecule has 1 aliphatic carbocycles. The van der Waals surface area contributed by atoms with Gasteiger partial charge in [-0.15, -0.1) is 0 Å². The number of nitrogens with zero attached hydrogens (tertiary/aromatic N) is 2. The molecule has 0 bridgehead atoms. The summed E-state index contributed by atoms with van der Waals surface area (Å²) in [6.45, 7) is 5.08. The van der Waals surface area contributed by atoms with Crippen molar-refractivity contribution in [2.24, 2.45) is 0 Å². The highest BCUT2D eigenvalue weighted by Crippen LogP contribution is 2.32. The topological polar surface area (TPSA) is 54.3 Å². The molecule has 2 amide bonds. The Bertz CT molecular complexity index is 879. The Morgan fingerprint density at radius 1 is 1.18 bits per heavy atom. The van der Waals surface area contributed by atoms with Gasteiger partial charge in [0.1, 0.15) is 11.2 Å². The Morgan fingerprint density at radius 2 is 1.89 bits per heavy atom. The van der Waals surface area contributed by atoms with Crippen LogP contribution in [-0.2, 0) is 11.3 Å². The van der Waals surface area contributed by atoms with Crippen LogP contribution >= 0.6 is 0 Å². The maximum Gasteiger partial charge on any atom is 0.271 e. The molecule has 1 fully saturated rings. The van der Waals surface area contributed by atoms with Crippen molar-refractivity contribution in [2.75, 3.05) is 6.54 Å². The summed E-state index contributed by atoms with van der Waals surface area (Å²) in [6.07, 6.45) is 7.77. The number of fused-ring (bicyclic) bond motifs is 3. The first-order chi connectivity index (χ1) is 13.5. The summed E-state index contributed by atoms with van der Waals surface area (Å²) >= 11 is 0. The highest BCUT2D eigenvalue weighted by atomic mass is 16.2. The van der Waals surface area contributed by atoms with E-state index in [2.05, 4.69) is 12.2 Å². The molecule has 1 unspecified atom stereocenters. The van der Waals surface area contributed by atoms with Gasteiger partial charge in [-0.2, -0.15) is 0 Å². The number of hydrogen-bond donors (Lipinski definition) is 1. The fourth-order valence-electron chi connectivity index (χ4n) is 4.84. The van der Waals surface area contributed by atoms with Crippen molar-refractivity contribution in [3.8, 4) is 0 Å². The molecule has 4 rings (SSSR count). The van der Waals surface area contributed by atoms with E-state index in [1.54, 1.807) is 4.90 Å². The van der Waals surface area contributed by atoms with Gasteiger partial charge < -0.3 is 14.8 Å². The molecule has 1 aromatic heterocycles. The van der Waals surface area contributed by atoms with Gasteiger partial charge in [0.15, 0.2) is 0 Å². The van der Waals surface area contributed by atoms with E-state index in [0.717, 1.165) is 30.2 Å². The smallest absolute Gasteiger partial charge is 0.271 e. The number of carbonyl (C=O) groups is 2. The van der Waals surface area contributed by atoms with E-state index in [1.807, 2.05) is 41.8 Å². The summed E-state index contributed by atoms with van der Waals surface area (Å²) in [5.41, 5.74) is 0.846. The van der Waals surface area contributed by atoms with Gasteiger partial charge in [0, 0.05) is 23.5 Å². The summed E-state index contributed by atoms with van der Waals surface area (Å²) in [5.74, 6) is -0.0487. The molecule has 0 saturated heterocycles. The molecule has 1 saturated carbocycles. The average molecular weight is 382 g/mol. The fourth-order valence-corrected chi connectivity index (χ4v) is 4.84. The zero-order valence-electron chi connectivity index (χ0n) is 17.0. The molecule has 2 heterocycles. The van der Waals surface area contributed by atoms with Crippen LogP contribution in [0.3, 0.4) is 0 Å². The number of para-hydroxylation sites is 1. The van der Waals surface area contributed by atoms with Crippen molar-refractivity contribution in [3.05, 3.63) is 36.0 Å². The molecule has 0 radical (unpaired) electrons. The number of benzene rings is 1. The summed E-state index contributed by atoms with van der Waals surface area (Å²) in [4.78, 5) is 28.6. The SMILES string of the molecule is CCCN1C(=O)c2cc3ccccc3n2CC1(C)C(=O)NC1CCCCCC1. The van der Waals surface area contributed by atoms with Crippen LogP contribution < -0.4 is 5.32 Å². The van der Waals surface area contributed by atoms with Gasteiger partial charge in [0.2, 0.25) is 5.91 Å². The Kier molecular flexibility index (Phi) is 5.17. The second kappa shape index (κ2) is 7.61. The van der Waals surface area contributed by atoms with Gasteiger partial charge >= 0.3 is 0 Å². The van der Waals surface area contributed by atoms with Crippen molar-refractivity contribution < 1.29 is 9.59 Å². The Balaban J connectivity index is 1.69. The predicted molar refractivity (Wildman–Crippen MR) is 111 cm³/mol. The van der Waals surface area contributed by atoms with E-state index in [1.165, 1.54) is 25.7 Å². The molecule has 2 aliphatic rings. The first-order valence-electron chi connectivity index (χ1n) is 10.8. The maximum absolute atomic E-state index is 13.5. The molecule has 0 spiro atoms. The highest BCUT2D eigenvalue weighted by Gasteiger charge is 2.47. The first kappa shape index (κ1) is 19.0. The number of carbonyl (C=O) groups excluding carboxylic acids is 2. The molecule has 28 heavy (non-hydrogen) atoms. The summed E-state index contributed by atoms with van der Waals surface area (Å²) in [7, 11) is 0. The summed E-state index contributed by atoms with van der Waals surface area (Å²) < 4.78 is 2.04. The van der Waals surface area contributed by atoms with Crippen molar-refractivity contribution >= 4 is 22.7 Å². The molecule has 1 atom stereocenters. The van der Waals surface area contributed by atoms with Crippen LogP contribution in [0.25, 0.3) is 10.9 Å². The Labute approximate surface area is 167 Å². The fraction of sp³-hybridized carbons (Fsp3) is 0.565. The van der Waals surface area contributed by atoms with Gasteiger partial charge in [0.05, 0.1) is 6.54 Å². The lowest BCUT2D eigenvalue weighted by Crippen LogP contribution is -2.65. The van der Waals surface area contributed by atoms with Gasteiger partial charge in [-0.25, -0.2) is 0 Å². The standard InChI is InChI=1S/C23H31N3O2/c1-3-14-26-21(27)20-15-17-10-8-9-13-19(17)25(20)16-23(26,2)22(28)24-18-11-6-4-5-7-12-18/h8-10,13,15,18H,3-7,11-12,14,16H2,1-2H3,(H,24,28). The molecule has 1 N–H and O–H groups in total. The molecular weight excluding hydrogens is 350 g/mol. The number of hydrogen-bond acceptors (Lipinski definition) is 2. The minimum Gasteiger partial charge on any atom is -0.351 e. The van der Waals surface area contributed by atoms with E-state index < -0.39 is 5.54 Å². The van der Waals surface area contributed by atoms with Gasteiger partial charge in [-0.3, -0.25) is 9.59 Å². The second-order valence-electron chi connectivity index (χ2n) is 8.57. The largest absolute Gasteiger partial charge is 0.351 e. The minimum absolute atomic E-state index is 0.00960. The minimum atomic E-state index is -0.867. The third-order valence-corrected chi connectivity index (χ3v) is 6.46. The van der Waals surface area contributed by atoms with E-state index >= 15 is 0 Å². The van der Waals surface area contributed by atoms with Crippen LogP contribution in [-0.4, -0.2) is 39.4 Å². The summed E-state index contributed by atoms with van der Waals surface area (Å²) in [5, 5.41) is 4.35. The number of amides is 2. The quantitative estimate of drug-likeness (QED) is 0.811. The zero-order chi connectivity index (χ0) is 19.7. The lowest BCUT2D eigenvalue weighted by molar-refractivity contribution is -0.133. The zero-order valence-corrected chi connectivity index (χ0v) is 17.0. The molecule has 5 heteroatoms. The molecular formula is C23H31N3O2. The number of aromatic nitrogens is 1. The van der Waals surface area contributed by atoms with Crippen LogP contribution in [0.5, 0.6) is 0 Å². The third kappa shape index (κ3) is 3.21. The molecule has 5 nitrogen and oxygen atoms in total. The lowest BCUT2D eigenvalue weighted by Gasteiger charge is -2.44. The van der Waals surface area contributed by atoms with E-state index in [-0.39, 0.29) is 17.9 Å². The van der Waals surface area contributed by atoms with Crippen LogP contribution in [0.2, 0.25) is 0 Å². The average Bonchev–Trinajstić information content (AvgIpc) is 2.86. The number of nitrogens with one attached hydrogen (secondary N) is 1. The second-order valence-corrected chi connectivity index (χ2v) is 8.57. The van der Waals surface area contributed by atoms with Gasteiger partial charge in [-0.05, 0) is 38.3 Å². The Hall–Kier alpha value is -2.30. The van der Waals surface area contributed by atoms with Crippen LogP contribution in [0.15, 0.2) is 30.3 Å². The van der Waals surface area contributed by atoms with Crippen molar-refractivity contribution in [1.82, 2.24) is 14.8 Å². The normalized spacial score (nSPS) is 23.5. The Morgan fingerprint density at radius 3 is 2.61 bits per heavy atom. The number of rotatable bonds is 4. The van der Waals surface area contributed by atoms with Crippen molar-refractivity contribution in [1.29, 1.82) is 0 Å². The van der Waals surface area contributed by atoms with Crippen LogP contribution in [0.4, 0.5) is 0 Å². The van der Waals surface area contributed by atoms with Crippen molar-refractivity contribution in [3.63, 3.8) is 0 Å². The third-order valence-electron chi connectivity index (χ3n) is 6.46. The van der Waals surface area contributed by atoms with E-state index in [0.29, 0.717) is 18.8 Å². The molecule has 150 valence electrons. The van der Waals surface area contributed by atoms with Gasteiger partial charge in [0.25, 0.3) is 5.91 Å².